The summed E-state index contributed by atoms with van der Waals surface area (Å²) in [4.78, 5) is 24.6. The molecule has 0 aliphatic rings. The number of carbonyl (C=O) groups excluding carboxylic acids is 2. The van der Waals surface area contributed by atoms with E-state index in [1.54, 1.807) is 6.08 Å². The van der Waals surface area contributed by atoms with E-state index in [1.807, 2.05) is 12.2 Å². The lowest BCUT2D eigenvalue weighted by atomic mass is 10.0. The molecule has 0 heterocycles. The van der Waals surface area contributed by atoms with Crippen LogP contribution in [0.3, 0.4) is 0 Å². The van der Waals surface area contributed by atoms with Gasteiger partial charge in [0.05, 0.1) is 25.4 Å². The molecule has 0 aromatic rings. The van der Waals surface area contributed by atoms with E-state index in [-0.39, 0.29) is 18.5 Å². The molecule has 0 aliphatic carbocycles. The summed E-state index contributed by atoms with van der Waals surface area (Å²) in [6.07, 6.45) is 80.7. The van der Waals surface area contributed by atoms with Crippen molar-refractivity contribution in [3.05, 3.63) is 36.5 Å². The Morgan fingerprint density at radius 3 is 1.05 bits per heavy atom. The second-order valence-corrected chi connectivity index (χ2v) is 22.8. The number of ether oxygens (including phenoxy) is 1. The maximum absolute atomic E-state index is 12.5. The first kappa shape index (κ1) is 72.1. The van der Waals surface area contributed by atoms with Crippen molar-refractivity contribution in [3.8, 4) is 0 Å². The van der Waals surface area contributed by atoms with Gasteiger partial charge in [-0.1, -0.05) is 333 Å². The maximum Gasteiger partial charge on any atom is 0.305 e. The van der Waals surface area contributed by atoms with Gasteiger partial charge in [0, 0.05) is 12.8 Å². The summed E-state index contributed by atoms with van der Waals surface area (Å²) in [6.45, 7) is 4.88. The lowest BCUT2D eigenvalue weighted by Crippen LogP contribution is -2.45. The van der Waals surface area contributed by atoms with Crippen molar-refractivity contribution in [3.63, 3.8) is 0 Å². The summed E-state index contributed by atoms with van der Waals surface area (Å²) in [6, 6.07) is -0.673. The van der Waals surface area contributed by atoms with E-state index in [0.29, 0.717) is 25.9 Å². The van der Waals surface area contributed by atoms with Gasteiger partial charge >= 0.3 is 5.97 Å². The summed E-state index contributed by atoms with van der Waals surface area (Å²) < 4.78 is 5.48. The van der Waals surface area contributed by atoms with Crippen molar-refractivity contribution in [2.75, 3.05) is 13.2 Å². The standard InChI is InChI=1S/C68H129NO5/c1-3-5-7-9-11-13-15-17-19-21-23-24-25-26-27-28-30-31-33-36-40-44-48-52-56-60-66(71)65(64-70)69-67(72)61-57-53-49-45-41-37-35-39-43-47-51-55-59-63-74-68(73)62-58-54-50-46-42-38-34-32-29-22-20-18-16-14-12-10-8-6-4-2/h37,41,49,53,56,60,65-66,70-71H,3-36,38-40,42-48,50-52,54-55,57-59,61-64H2,1-2H3,(H,69,72)/b41-37-,53-49-,60-56+. The van der Waals surface area contributed by atoms with Gasteiger partial charge in [-0.2, -0.15) is 0 Å². The first-order chi connectivity index (χ1) is 36.5. The Kier molecular flexibility index (Phi) is 62.0. The van der Waals surface area contributed by atoms with Crippen LogP contribution in [0.1, 0.15) is 361 Å². The van der Waals surface area contributed by atoms with Gasteiger partial charge in [-0.15, -0.1) is 0 Å². The fourth-order valence-electron chi connectivity index (χ4n) is 10.3. The Morgan fingerprint density at radius 2 is 0.689 bits per heavy atom. The number of unbranched alkanes of at least 4 members (excludes halogenated alkanes) is 47. The van der Waals surface area contributed by atoms with E-state index >= 15 is 0 Å². The van der Waals surface area contributed by atoms with Crippen molar-refractivity contribution in [2.45, 2.75) is 373 Å². The molecule has 0 rings (SSSR count). The minimum absolute atomic E-state index is 0.0129. The molecule has 2 atom stereocenters. The highest BCUT2D eigenvalue weighted by Crippen LogP contribution is 2.18. The summed E-state index contributed by atoms with van der Waals surface area (Å²) in [5.74, 6) is -0.158. The number of nitrogens with one attached hydrogen (secondary N) is 1. The first-order valence-electron chi connectivity index (χ1n) is 33.3. The molecule has 436 valence electrons. The van der Waals surface area contributed by atoms with Gasteiger partial charge in [0.25, 0.3) is 0 Å². The Hall–Kier alpha value is -1.92. The van der Waals surface area contributed by atoms with Crippen molar-refractivity contribution in [2.24, 2.45) is 0 Å². The second-order valence-electron chi connectivity index (χ2n) is 22.8. The van der Waals surface area contributed by atoms with Gasteiger partial charge in [-0.3, -0.25) is 9.59 Å². The third kappa shape index (κ3) is 59.3. The zero-order valence-corrected chi connectivity index (χ0v) is 49.8. The lowest BCUT2D eigenvalue weighted by molar-refractivity contribution is -0.143. The predicted molar refractivity (Wildman–Crippen MR) is 324 cm³/mol. The molecule has 0 bridgehead atoms. The number of allylic oxidation sites excluding steroid dienone is 5. The highest BCUT2D eigenvalue weighted by Gasteiger charge is 2.17. The Balaban J connectivity index is 3.52. The van der Waals surface area contributed by atoms with Crippen LogP contribution < -0.4 is 5.32 Å². The van der Waals surface area contributed by atoms with Gasteiger partial charge in [-0.25, -0.2) is 0 Å². The highest BCUT2D eigenvalue weighted by molar-refractivity contribution is 5.76. The van der Waals surface area contributed by atoms with Crippen LogP contribution >= 0.6 is 0 Å². The summed E-state index contributed by atoms with van der Waals surface area (Å²) >= 11 is 0. The Bertz CT molecular complexity index is 1200. The fourth-order valence-corrected chi connectivity index (χ4v) is 10.3. The Labute approximate surface area is 462 Å². The van der Waals surface area contributed by atoms with Crippen LogP contribution in [0.2, 0.25) is 0 Å². The zero-order valence-electron chi connectivity index (χ0n) is 49.8. The number of esters is 1. The quantitative estimate of drug-likeness (QED) is 0.0320. The third-order valence-electron chi connectivity index (χ3n) is 15.4. The molecule has 0 fully saturated rings. The predicted octanol–water partition coefficient (Wildman–Crippen LogP) is 21.1. The van der Waals surface area contributed by atoms with Gasteiger partial charge < -0.3 is 20.3 Å². The number of amides is 1. The van der Waals surface area contributed by atoms with Crippen LogP contribution in [0.4, 0.5) is 0 Å². The molecule has 6 heteroatoms. The topological polar surface area (TPSA) is 95.9 Å². The molecule has 6 nitrogen and oxygen atoms in total. The average Bonchev–Trinajstić information content (AvgIpc) is 3.40. The summed E-state index contributed by atoms with van der Waals surface area (Å²) in [5, 5.41) is 23.2. The first-order valence-corrected chi connectivity index (χ1v) is 33.3. The molecule has 0 radical (unpaired) electrons. The van der Waals surface area contributed by atoms with Crippen LogP contribution in [0.5, 0.6) is 0 Å². The largest absolute Gasteiger partial charge is 0.466 e. The summed E-state index contributed by atoms with van der Waals surface area (Å²) in [7, 11) is 0. The third-order valence-corrected chi connectivity index (χ3v) is 15.4. The lowest BCUT2D eigenvalue weighted by Gasteiger charge is -2.19. The molecule has 0 aromatic carbocycles. The van der Waals surface area contributed by atoms with Crippen molar-refractivity contribution in [1.82, 2.24) is 5.32 Å². The number of aliphatic hydroxyl groups excluding tert-OH is 2. The molecule has 0 saturated heterocycles. The SMILES string of the molecule is CCCCCCCCCCCCCCCCCCCCCCCCC/C=C/C(O)C(CO)NC(=O)CC/C=C\C/C=C\CCCCCCCCOC(=O)CCCCCCCCCCCCCCCCCCCCC. The Morgan fingerprint density at radius 1 is 0.378 bits per heavy atom. The molecule has 1 amide bonds. The normalized spacial score (nSPS) is 12.8. The monoisotopic (exact) mass is 1040 g/mol. The number of aliphatic hydroxyl groups is 2. The number of hydrogen-bond donors (Lipinski definition) is 3. The van der Waals surface area contributed by atoms with Crippen LogP contribution in [0.15, 0.2) is 36.5 Å². The van der Waals surface area contributed by atoms with Crippen molar-refractivity contribution in [1.29, 1.82) is 0 Å². The van der Waals surface area contributed by atoms with E-state index in [4.69, 9.17) is 4.74 Å². The zero-order chi connectivity index (χ0) is 53.6. The molecule has 74 heavy (non-hydrogen) atoms. The van der Waals surface area contributed by atoms with E-state index in [9.17, 15) is 19.8 Å². The van der Waals surface area contributed by atoms with E-state index in [1.165, 1.54) is 276 Å². The van der Waals surface area contributed by atoms with Gasteiger partial charge in [0.15, 0.2) is 0 Å². The highest BCUT2D eigenvalue weighted by atomic mass is 16.5. The van der Waals surface area contributed by atoms with Crippen molar-refractivity contribution < 1.29 is 24.5 Å². The molecule has 0 aliphatic heterocycles. The van der Waals surface area contributed by atoms with Gasteiger partial charge in [-0.05, 0) is 51.4 Å². The molecule has 0 spiro atoms. The van der Waals surface area contributed by atoms with Gasteiger partial charge in [0.1, 0.15) is 0 Å². The van der Waals surface area contributed by atoms with Gasteiger partial charge in [0.2, 0.25) is 5.91 Å². The summed E-state index contributed by atoms with van der Waals surface area (Å²) in [5.41, 5.74) is 0. The van der Waals surface area contributed by atoms with E-state index in [2.05, 4.69) is 37.4 Å². The fraction of sp³-hybridized carbons (Fsp3) is 0.882. The van der Waals surface area contributed by atoms with Crippen LogP contribution in [0, 0.1) is 0 Å². The van der Waals surface area contributed by atoms with Crippen LogP contribution in [-0.4, -0.2) is 47.4 Å². The second kappa shape index (κ2) is 63.6. The maximum atomic E-state index is 12.5. The van der Waals surface area contributed by atoms with Crippen LogP contribution in [-0.2, 0) is 14.3 Å². The van der Waals surface area contributed by atoms with Crippen molar-refractivity contribution >= 4 is 11.9 Å². The number of carbonyl (C=O) groups is 2. The minimum atomic E-state index is -0.881. The number of hydrogen-bond acceptors (Lipinski definition) is 5. The smallest absolute Gasteiger partial charge is 0.305 e. The molecule has 3 N–H and O–H groups in total. The molecular weight excluding hydrogens is 911 g/mol. The van der Waals surface area contributed by atoms with E-state index in [0.717, 1.165) is 51.4 Å². The molecule has 0 saturated carbocycles. The molecule has 2 unspecified atom stereocenters. The van der Waals surface area contributed by atoms with Crippen LogP contribution in [0.25, 0.3) is 0 Å². The number of rotatable bonds is 62. The minimum Gasteiger partial charge on any atom is -0.466 e. The molecular formula is C68H129NO5. The average molecular weight is 1040 g/mol. The molecule has 0 aromatic heterocycles. The van der Waals surface area contributed by atoms with E-state index < -0.39 is 12.1 Å².